The van der Waals surface area contributed by atoms with Crippen molar-refractivity contribution in [1.29, 1.82) is 0 Å². The predicted molar refractivity (Wildman–Crippen MR) is 91.5 cm³/mol. The Hall–Kier alpha value is 0.220. The van der Waals surface area contributed by atoms with E-state index < -0.39 is 9.84 Å². The van der Waals surface area contributed by atoms with Gasteiger partial charge in [-0.3, -0.25) is 4.90 Å². The lowest BCUT2D eigenvalue weighted by molar-refractivity contribution is 0.182. The molecule has 2 rings (SSSR count). The zero-order valence-corrected chi connectivity index (χ0v) is 15.4. The Labute approximate surface area is 134 Å². The van der Waals surface area contributed by atoms with Crippen molar-refractivity contribution in [3.63, 3.8) is 0 Å². The lowest BCUT2D eigenvalue weighted by Gasteiger charge is -2.38. The summed E-state index contributed by atoms with van der Waals surface area (Å²) in [5, 5.41) is 3.36. The maximum Gasteiger partial charge on any atom is 0.164 e. The van der Waals surface area contributed by atoms with Gasteiger partial charge in [-0.1, -0.05) is 20.8 Å². The second-order valence-electron chi connectivity index (χ2n) is 7.18. The maximum atomic E-state index is 12.0. The summed E-state index contributed by atoms with van der Waals surface area (Å²) < 4.78 is 24.1. The summed E-state index contributed by atoms with van der Waals surface area (Å²) in [5.41, 5.74) is 0.311. The number of rotatable bonds is 5. The summed E-state index contributed by atoms with van der Waals surface area (Å²) in [6.07, 6.45) is 3.81. The lowest BCUT2D eigenvalue weighted by atomic mass is 9.84. The molecule has 1 saturated carbocycles. The Balaban J connectivity index is 2.08. The second-order valence-corrected chi connectivity index (χ2v) is 10.5. The molecule has 2 fully saturated rings. The minimum Gasteiger partial charge on any atom is -0.313 e. The highest BCUT2D eigenvalue weighted by Gasteiger charge is 2.43. The van der Waals surface area contributed by atoms with Gasteiger partial charge in [-0.2, -0.15) is 11.8 Å². The standard InChI is InChI=1S/C15H30N2O2S2/c1-5-16-14-12(6-7-15(14,2)3)10-17-8-9-20-11-13(17)21(4,18)19/h12-14,16H,5-11H2,1-4H3. The Morgan fingerprint density at radius 2 is 2.10 bits per heavy atom. The minimum atomic E-state index is -2.99. The van der Waals surface area contributed by atoms with E-state index in [1.165, 1.54) is 19.1 Å². The molecule has 124 valence electrons. The van der Waals surface area contributed by atoms with Gasteiger partial charge in [-0.15, -0.1) is 0 Å². The third-order valence-electron chi connectivity index (χ3n) is 5.05. The normalized spacial score (nSPS) is 34.2. The first-order valence-corrected chi connectivity index (χ1v) is 11.1. The van der Waals surface area contributed by atoms with E-state index in [1.807, 2.05) is 0 Å². The smallest absolute Gasteiger partial charge is 0.164 e. The first kappa shape index (κ1) is 17.6. The van der Waals surface area contributed by atoms with Gasteiger partial charge >= 0.3 is 0 Å². The molecule has 4 nitrogen and oxygen atoms in total. The zero-order valence-electron chi connectivity index (χ0n) is 13.8. The molecular weight excluding hydrogens is 304 g/mol. The van der Waals surface area contributed by atoms with Gasteiger partial charge in [0.05, 0.1) is 0 Å². The van der Waals surface area contributed by atoms with Crippen LogP contribution in [0.25, 0.3) is 0 Å². The molecular formula is C15H30N2O2S2. The van der Waals surface area contributed by atoms with Crippen LogP contribution in [0.15, 0.2) is 0 Å². The van der Waals surface area contributed by atoms with Crippen molar-refractivity contribution in [2.24, 2.45) is 11.3 Å². The third-order valence-corrected chi connectivity index (χ3v) is 7.74. The molecule has 1 aliphatic carbocycles. The van der Waals surface area contributed by atoms with Crippen LogP contribution in [-0.4, -0.2) is 62.1 Å². The van der Waals surface area contributed by atoms with Crippen molar-refractivity contribution in [2.75, 3.05) is 37.4 Å². The first-order chi connectivity index (χ1) is 9.75. The molecule has 6 heteroatoms. The van der Waals surface area contributed by atoms with Crippen LogP contribution in [0.1, 0.15) is 33.6 Å². The van der Waals surface area contributed by atoms with Gasteiger partial charge in [-0.25, -0.2) is 8.42 Å². The molecule has 0 radical (unpaired) electrons. The summed E-state index contributed by atoms with van der Waals surface area (Å²) in [4.78, 5) is 2.22. The highest BCUT2D eigenvalue weighted by Crippen LogP contribution is 2.42. The number of sulfone groups is 1. The van der Waals surface area contributed by atoms with Gasteiger partial charge in [0, 0.05) is 36.9 Å². The SMILES string of the molecule is CCNC1C(CN2CCSCC2S(C)(=O)=O)CCC1(C)C. The van der Waals surface area contributed by atoms with Gasteiger partial charge in [0.15, 0.2) is 9.84 Å². The molecule has 0 amide bonds. The third kappa shape index (κ3) is 4.15. The number of hydrogen-bond donors (Lipinski definition) is 1. The summed E-state index contributed by atoms with van der Waals surface area (Å²) in [6.45, 7) is 9.62. The highest BCUT2D eigenvalue weighted by atomic mass is 32.2. The number of nitrogens with zero attached hydrogens (tertiary/aromatic N) is 1. The molecule has 3 atom stereocenters. The van der Waals surface area contributed by atoms with Crippen LogP contribution in [0.5, 0.6) is 0 Å². The van der Waals surface area contributed by atoms with Crippen LogP contribution in [0.2, 0.25) is 0 Å². The van der Waals surface area contributed by atoms with Crippen molar-refractivity contribution in [3.05, 3.63) is 0 Å². The quantitative estimate of drug-likeness (QED) is 0.831. The fourth-order valence-corrected chi connectivity index (χ4v) is 6.85. The molecule has 0 aromatic carbocycles. The van der Waals surface area contributed by atoms with E-state index >= 15 is 0 Å². The summed E-state index contributed by atoms with van der Waals surface area (Å²) in [6, 6.07) is 0.497. The van der Waals surface area contributed by atoms with E-state index in [0.717, 1.165) is 31.1 Å². The van der Waals surface area contributed by atoms with Gasteiger partial charge < -0.3 is 5.32 Å². The molecule has 0 spiro atoms. The summed E-state index contributed by atoms with van der Waals surface area (Å²) >= 11 is 1.77. The highest BCUT2D eigenvalue weighted by molar-refractivity contribution is 8.00. The Kier molecular flexibility index (Phi) is 5.66. The van der Waals surface area contributed by atoms with E-state index in [9.17, 15) is 8.42 Å². The van der Waals surface area contributed by atoms with Crippen molar-refractivity contribution in [3.8, 4) is 0 Å². The largest absolute Gasteiger partial charge is 0.313 e. The van der Waals surface area contributed by atoms with Crippen LogP contribution < -0.4 is 5.32 Å². The van der Waals surface area contributed by atoms with E-state index in [1.54, 1.807) is 11.8 Å². The van der Waals surface area contributed by atoms with E-state index in [2.05, 4.69) is 31.0 Å². The molecule has 0 aromatic heterocycles. The second kappa shape index (κ2) is 6.77. The van der Waals surface area contributed by atoms with Crippen LogP contribution in [-0.2, 0) is 9.84 Å². The number of thioether (sulfide) groups is 1. The fraction of sp³-hybridized carbons (Fsp3) is 1.00. The van der Waals surface area contributed by atoms with Crippen LogP contribution in [0, 0.1) is 11.3 Å². The molecule has 1 aliphatic heterocycles. The molecule has 1 heterocycles. The number of nitrogens with one attached hydrogen (secondary N) is 1. The molecule has 0 bridgehead atoms. The van der Waals surface area contributed by atoms with Crippen molar-refractivity contribution >= 4 is 21.6 Å². The van der Waals surface area contributed by atoms with Crippen molar-refractivity contribution in [1.82, 2.24) is 10.2 Å². The molecule has 0 aromatic rings. The molecule has 3 unspecified atom stereocenters. The monoisotopic (exact) mass is 334 g/mol. The molecule has 21 heavy (non-hydrogen) atoms. The zero-order chi connectivity index (χ0) is 15.7. The van der Waals surface area contributed by atoms with Crippen molar-refractivity contribution < 1.29 is 8.42 Å². The predicted octanol–water partition coefficient (Wildman–Crippen LogP) is 1.82. The topological polar surface area (TPSA) is 49.4 Å². The van der Waals surface area contributed by atoms with Crippen LogP contribution >= 0.6 is 11.8 Å². The van der Waals surface area contributed by atoms with Crippen LogP contribution in [0.3, 0.4) is 0 Å². The molecule has 2 aliphatic rings. The summed E-state index contributed by atoms with van der Waals surface area (Å²) in [5.74, 6) is 2.33. The van der Waals surface area contributed by atoms with Crippen molar-refractivity contribution in [2.45, 2.75) is 45.0 Å². The Morgan fingerprint density at radius 1 is 1.38 bits per heavy atom. The Morgan fingerprint density at radius 3 is 2.71 bits per heavy atom. The molecule has 1 N–H and O–H groups in total. The van der Waals surface area contributed by atoms with Gasteiger partial charge in [-0.05, 0) is 30.7 Å². The fourth-order valence-electron chi connectivity index (χ4n) is 3.90. The van der Waals surface area contributed by atoms with E-state index in [4.69, 9.17) is 0 Å². The van der Waals surface area contributed by atoms with Crippen LogP contribution in [0.4, 0.5) is 0 Å². The maximum absolute atomic E-state index is 12.0. The molecule has 1 saturated heterocycles. The van der Waals surface area contributed by atoms with E-state index in [0.29, 0.717) is 17.4 Å². The van der Waals surface area contributed by atoms with E-state index in [-0.39, 0.29) is 5.37 Å². The number of hydrogen-bond acceptors (Lipinski definition) is 5. The average Bonchev–Trinajstić information content (AvgIpc) is 2.66. The first-order valence-electron chi connectivity index (χ1n) is 7.99. The lowest BCUT2D eigenvalue weighted by Crippen LogP contribution is -2.52. The summed E-state index contributed by atoms with van der Waals surface area (Å²) in [7, 11) is -2.99. The Bertz CT molecular complexity index is 451. The van der Waals surface area contributed by atoms with Gasteiger partial charge in [0.2, 0.25) is 0 Å². The van der Waals surface area contributed by atoms with Gasteiger partial charge in [0.1, 0.15) is 5.37 Å². The average molecular weight is 335 g/mol. The minimum absolute atomic E-state index is 0.290. The van der Waals surface area contributed by atoms with Gasteiger partial charge in [0.25, 0.3) is 0 Å².